The molecule has 2 aromatic carbocycles. The van der Waals surface area contributed by atoms with Crippen LogP contribution in [0.5, 0.6) is 5.75 Å². The highest BCUT2D eigenvalue weighted by Crippen LogP contribution is 2.20. The van der Waals surface area contributed by atoms with Gasteiger partial charge >= 0.3 is 0 Å². The molecule has 0 heterocycles. The molecule has 0 fully saturated rings. The van der Waals surface area contributed by atoms with Crippen molar-refractivity contribution in [1.82, 2.24) is 0 Å². The summed E-state index contributed by atoms with van der Waals surface area (Å²) in [5.74, 6) is 0.816. The van der Waals surface area contributed by atoms with E-state index in [1.807, 2.05) is 63.5 Å². The fraction of sp³-hybridized carbons (Fsp3) is 0.278. The fourth-order valence-electron chi connectivity index (χ4n) is 2.08. The molecule has 0 saturated heterocycles. The van der Waals surface area contributed by atoms with Gasteiger partial charge in [0.1, 0.15) is 12.4 Å². The first-order valence-corrected chi connectivity index (χ1v) is 7.16. The van der Waals surface area contributed by atoms with Gasteiger partial charge in [-0.3, -0.25) is 0 Å². The minimum absolute atomic E-state index is 0.386. The van der Waals surface area contributed by atoms with Crippen LogP contribution in [0.3, 0.4) is 0 Å². The average molecular weight is 298 g/mol. The minimum atomic E-state index is 0.386. The molecule has 0 atom stereocenters. The van der Waals surface area contributed by atoms with Crippen molar-refractivity contribution >= 4 is 11.9 Å². The van der Waals surface area contributed by atoms with Crippen molar-refractivity contribution in [3.63, 3.8) is 0 Å². The van der Waals surface area contributed by atoms with Crippen LogP contribution in [0.25, 0.3) is 0 Å². The first-order valence-electron chi connectivity index (χ1n) is 7.16. The second-order valence-corrected chi connectivity index (χ2v) is 5.31. The van der Waals surface area contributed by atoms with E-state index >= 15 is 0 Å². The van der Waals surface area contributed by atoms with Crippen molar-refractivity contribution in [2.45, 2.75) is 13.5 Å². The van der Waals surface area contributed by atoms with Gasteiger partial charge in [-0.05, 0) is 36.8 Å². The van der Waals surface area contributed by atoms with E-state index in [0.717, 1.165) is 22.6 Å². The normalized spacial score (nSPS) is 10.7. The van der Waals surface area contributed by atoms with E-state index in [1.54, 1.807) is 13.3 Å². The van der Waals surface area contributed by atoms with Gasteiger partial charge in [0, 0.05) is 25.3 Å². The fourth-order valence-corrected chi connectivity index (χ4v) is 2.08. The third kappa shape index (κ3) is 4.25. The van der Waals surface area contributed by atoms with Crippen LogP contribution in [-0.4, -0.2) is 27.4 Å². The molecule has 4 nitrogen and oxygen atoms in total. The van der Waals surface area contributed by atoms with Crippen molar-refractivity contribution in [1.29, 1.82) is 0 Å². The lowest BCUT2D eigenvalue weighted by atomic mass is 10.1. The Morgan fingerprint density at radius 2 is 1.82 bits per heavy atom. The Kier molecular flexibility index (Phi) is 5.42. The molecule has 0 radical (unpaired) electrons. The Labute approximate surface area is 132 Å². The molecule has 0 bridgehead atoms. The van der Waals surface area contributed by atoms with E-state index in [1.165, 1.54) is 5.56 Å². The van der Waals surface area contributed by atoms with Crippen molar-refractivity contribution in [3.05, 3.63) is 59.2 Å². The zero-order valence-corrected chi connectivity index (χ0v) is 13.5. The summed E-state index contributed by atoms with van der Waals surface area (Å²) < 4.78 is 5.31. The van der Waals surface area contributed by atoms with Gasteiger partial charge in [-0.1, -0.05) is 28.9 Å². The first kappa shape index (κ1) is 15.9. The topological polar surface area (TPSA) is 34.1 Å². The number of ether oxygens (including phenoxy) is 1. The second-order valence-electron chi connectivity index (χ2n) is 5.31. The van der Waals surface area contributed by atoms with Crippen LogP contribution < -0.4 is 9.64 Å². The predicted molar refractivity (Wildman–Crippen MR) is 90.9 cm³/mol. The highest BCUT2D eigenvalue weighted by Gasteiger charge is 2.03. The van der Waals surface area contributed by atoms with Gasteiger partial charge in [0.05, 0.1) is 13.3 Å². The number of hydrogen-bond donors (Lipinski definition) is 0. The molecule has 0 aliphatic carbocycles. The number of nitrogens with zero attached hydrogens (tertiary/aromatic N) is 2. The molecular weight excluding hydrogens is 276 g/mol. The zero-order chi connectivity index (χ0) is 15.9. The molecule has 4 heteroatoms. The molecule has 0 aliphatic rings. The molecule has 0 aromatic heterocycles. The maximum Gasteiger partial charge on any atom is 0.145 e. The van der Waals surface area contributed by atoms with Gasteiger partial charge < -0.3 is 14.5 Å². The van der Waals surface area contributed by atoms with Gasteiger partial charge in [0.15, 0.2) is 0 Å². The number of rotatable bonds is 6. The molecule has 116 valence electrons. The summed E-state index contributed by atoms with van der Waals surface area (Å²) in [7, 11) is 5.69. The predicted octanol–water partition coefficient (Wildman–Crippen LogP) is 3.62. The molecule has 0 unspecified atom stereocenters. The van der Waals surface area contributed by atoms with Crippen LogP contribution in [0.1, 0.15) is 16.7 Å². The van der Waals surface area contributed by atoms with E-state index in [-0.39, 0.29) is 0 Å². The number of methoxy groups -OCH3 is 1. The molecule has 0 amide bonds. The molecular formula is C18H22N2O2. The van der Waals surface area contributed by atoms with Gasteiger partial charge in [-0.15, -0.1) is 0 Å². The Balaban J connectivity index is 1.94. The van der Waals surface area contributed by atoms with Crippen LogP contribution in [0.15, 0.2) is 47.6 Å². The quantitative estimate of drug-likeness (QED) is 0.603. The maximum atomic E-state index is 5.38. The Morgan fingerprint density at radius 3 is 2.45 bits per heavy atom. The largest absolute Gasteiger partial charge is 0.496 e. The maximum absolute atomic E-state index is 5.38. The van der Waals surface area contributed by atoms with E-state index in [9.17, 15) is 0 Å². The van der Waals surface area contributed by atoms with Gasteiger partial charge in [0.2, 0.25) is 0 Å². The second kappa shape index (κ2) is 7.50. The summed E-state index contributed by atoms with van der Waals surface area (Å²) in [4.78, 5) is 7.43. The van der Waals surface area contributed by atoms with E-state index < -0.39 is 0 Å². The first-order chi connectivity index (χ1) is 10.6. The average Bonchev–Trinajstić information content (AvgIpc) is 2.52. The third-order valence-electron chi connectivity index (χ3n) is 3.34. The summed E-state index contributed by atoms with van der Waals surface area (Å²) in [6.07, 6.45) is 1.71. The van der Waals surface area contributed by atoms with Gasteiger partial charge in [-0.2, -0.15) is 0 Å². The Hall–Kier alpha value is -2.49. The highest BCUT2D eigenvalue weighted by atomic mass is 16.6. The summed E-state index contributed by atoms with van der Waals surface area (Å²) >= 11 is 0. The summed E-state index contributed by atoms with van der Waals surface area (Å²) in [5.41, 5.74) is 4.31. The van der Waals surface area contributed by atoms with E-state index in [2.05, 4.69) is 10.1 Å². The lowest BCUT2D eigenvalue weighted by molar-refractivity contribution is 0.130. The lowest BCUT2D eigenvalue weighted by Gasteiger charge is -2.11. The van der Waals surface area contributed by atoms with Crippen molar-refractivity contribution in [2.75, 3.05) is 26.1 Å². The molecule has 0 saturated carbocycles. The van der Waals surface area contributed by atoms with Crippen LogP contribution in [0.2, 0.25) is 0 Å². The Morgan fingerprint density at radius 1 is 1.09 bits per heavy atom. The molecule has 0 N–H and O–H groups in total. The number of anilines is 1. The standard InChI is InChI=1S/C18H22N2O2/c1-14-5-10-18(21-4)16(11-14)13-22-19-12-15-6-8-17(9-7-15)20(2)3/h5-12H,13H2,1-4H3. The van der Waals surface area contributed by atoms with Gasteiger partial charge in [-0.25, -0.2) is 0 Å². The van der Waals surface area contributed by atoms with E-state index in [0.29, 0.717) is 6.61 Å². The summed E-state index contributed by atoms with van der Waals surface area (Å²) in [5, 5.41) is 4.02. The van der Waals surface area contributed by atoms with Crippen molar-refractivity contribution < 1.29 is 9.57 Å². The van der Waals surface area contributed by atoms with Crippen molar-refractivity contribution in [2.24, 2.45) is 5.16 Å². The molecule has 22 heavy (non-hydrogen) atoms. The number of hydrogen-bond acceptors (Lipinski definition) is 4. The summed E-state index contributed by atoms with van der Waals surface area (Å²) in [6, 6.07) is 14.1. The Bertz CT molecular complexity index is 634. The van der Waals surface area contributed by atoms with Crippen LogP contribution in [0.4, 0.5) is 5.69 Å². The molecule has 2 aromatic rings. The number of benzene rings is 2. The lowest BCUT2D eigenvalue weighted by Crippen LogP contribution is -2.08. The minimum Gasteiger partial charge on any atom is -0.496 e. The molecule has 2 rings (SSSR count). The van der Waals surface area contributed by atoms with Crippen LogP contribution in [-0.2, 0) is 11.4 Å². The number of aryl methyl sites for hydroxylation is 1. The summed E-state index contributed by atoms with van der Waals surface area (Å²) in [6.45, 7) is 2.43. The van der Waals surface area contributed by atoms with Gasteiger partial charge in [0.25, 0.3) is 0 Å². The smallest absolute Gasteiger partial charge is 0.145 e. The van der Waals surface area contributed by atoms with Crippen LogP contribution >= 0.6 is 0 Å². The SMILES string of the molecule is COc1ccc(C)cc1CON=Cc1ccc(N(C)C)cc1. The molecule has 0 spiro atoms. The van der Waals surface area contributed by atoms with Crippen molar-refractivity contribution in [3.8, 4) is 5.75 Å². The van der Waals surface area contributed by atoms with Crippen LogP contribution in [0, 0.1) is 6.92 Å². The zero-order valence-electron chi connectivity index (χ0n) is 13.5. The highest BCUT2D eigenvalue weighted by molar-refractivity contribution is 5.79. The molecule has 0 aliphatic heterocycles. The third-order valence-corrected chi connectivity index (χ3v) is 3.34. The number of oxime groups is 1. The van der Waals surface area contributed by atoms with E-state index in [4.69, 9.17) is 9.57 Å². The monoisotopic (exact) mass is 298 g/mol.